The van der Waals surface area contributed by atoms with Crippen LogP contribution in [0.2, 0.25) is 0 Å². The molecule has 2 saturated heterocycles. The van der Waals surface area contributed by atoms with Crippen LogP contribution in [0.15, 0.2) is 0 Å². The molecule has 0 unspecified atom stereocenters. The Labute approximate surface area is 82.3 Å². The second kappa shape index (κ2) is 3.18. The van der Waals surface area contributed by atoms with Crippen LogP contribution in [0.1, 0.15) is 13.8 Å². The second-order valence-electron chi connectivity index (χ2n) is 3.95. The first-order valence-corrected chi connectivity index (χ1v) is 4.58. The van der Waals surface area contributed by atoms with E-state index in [-0.39, 0.29) is 18.2 Å². The Morgan fingerprint density at radius 2 is 2.14 bits per heavy atom. The van der Waals surface area contributed by atoms with Crippen LogP contribution in [0, 0.1) is 0 Å². The molecule has 0 aromatic heterocycles. The number of hydrogen-bond acceptors (Lipinski definition) is 5. The minimum Gasteiger partial charge on any atom is -0.455 e. The molecule has 14 heavy (non-hydrogen) atoms. The van der Waals surface area contributed by atoms with Gasteiger partial charge in [-0.25, -0.2) is 4.79 Å². The molecule has 0 radical (unpaired) electrons. The van der Waals surface area contributed by atoms with Crippen LogP contribution in [0.25, 0.3) is 0 Å². The van der Waals surface area contributed by atoms with Crippen LogP contribution in [0.5, 0.6) is 0 Å². The van der Waals surface area contributed by atoms with Gasteiger partial charge in [0, 0.05) is 7.11 Å². The van der Waals surface area contributed by atoms with Crippen LogP contribution in [-0.4, -0.2) is 43.8 Å². The minimum atomic E-state index is -0.708. The number of cyclic esters (lactones) is 1. The molecule has 5 nitrogen and oxygen atoms in total. The van der Waals surface area contributed by atoms with E-state index in [1.807, 2.05) is 0 Å². The number of esters is 1. The summed E-state index contributed by atoms with van der Waals surface area (Å²) in [5.41, 5.74) is 0. The zero-order valence-corrected chi connectivity index (χ0v) is 8.48. The number of hydrogen-bond donors (Lipinski definition) is 0. The van der Waals surface area contributed by atoms with Gasteiger partial charge in [0.1, 0.15) is 6.10 Å². The highest BCUT2D eigenvalue weighted by Gasteiger charge is 2.55. The number of ether oxygens (including phenoxy) is 4. The predicted molar refractivity (Wildman–Crippen MR) is 45.6 cm³/mol. The molecule has 2 fully saturated rings. The van der Waals surface area contributed by atoms with Gasteiger partial charge < -0.3 is 18.9 Å². The molecule has 0 bridgehead atoms. The van der Waals surface area contributed by atoms with Crippen LogP contribution >= 0.6 is 0 Å². The molecule has 2 heterocycles. The van der Waals surface area contributed by atoms with Crippen molar-refractivity contribution < 1.29 is 23.7 Å². The fourth-order valence-corrected chi connectivity index (χ4v) is 1.82. The minimum absolute atomic E-state index is 0.336. The molecule has 0 spiro atoms. The third-order valence-corrected chi connectivity index (χ3v) is 2.33. The SMILES string of the molecule is COC[C@@H]1OC(=O)[C@@H]2OC(C)(C)O[C@H]12. The Morgan fingerprint density at radius 3 is 2.79 bits per heavy atom. The molecule has 0 amide bonds. The lowest BCUT2D eigenvalue weighted by atomic mass is 10.1. The van der Waals surface area contributed by atoms with E-state index in [0.717, 1.165) is 0 Å². The van der Waals surface area contributed by atoms with Crippen LogP contribution in [-0.2, 0) is 23.7 Å². The summed E-state index contributed by atoms with van der Waals surface area (Å²) in [6.07, 6.45) is -1.28. The van der Waals surface area contributed by atoms with Crippen molar-refractivity contribution in [2.45, 2.75) is 37.9 Å². The second-order valence-corrected chi connectivity index (χ2v) is 3.95. The molecule has 0 saturated carbocycles. The maximum absolute atomic E-state index is 11.3. The summed E-state index contributed by atoms with van der Waals surface area (Å²) in [4.78, 5) is 11.3. The van der Waals surface area contributed by atoms with Crippen LogP contribution in [0.3, 0.4) is 0 Å². The van der Waals surface area contributed by atoms with E-state index in [4.69, 9.17) is 18.9 Å². The van der Waals surface area contributed by atoms with E-state index in [2.05, 4.69) is 0 Å². The Balaban J connectivity index is 2.11. The first-order chi connectivity index (χ1) is 6.53. The topological polar surface area (TPSA) is 54.0 Å². The van der Waals surface area contributed by atoms with Crippen molar-refractivity contribution in [3.05, 3.63) is 0 Å². The fraction of sp³-hybridized carbons (Fsp3) is 0.889. The first-order valence-electron chi connectivity index (χ1n) is 4.58. The van der Waals surface area contributed by atoms with E-state index in [1.165, 1.54) is 0 Å². The zero-order valence-electron chi connectivity index (χ0n) is 8.48. The van der Waals surface area contributed by atoms with E-state index < -0.39 is 11.9 Å². The summed E-state index contributed by atoms with van der Waals surface area (Å²) in [6.45, 7) is 3.90. The first kappa shape index (κ1) is 9.89. The van der Waals surface area contributed by atoms with Gasteiger partial charge in [0.15, 0.2) is 18.0 Å². The summed E-state index contributed by atoms with van der Waals surface area (Å²) in [6, 6.07) is 0. The van der Waals surface area contributed by atoms with Crippen LogP contribution in [0.4, 0.5) is 0 Å². The fourth-order valence-electron chi connectivity index (χ4n) is 1.82. The van der Waals surface area contributed by atoms with Crippen molar-refractivity contribution in [1.82, 2.24) is 0 Å². The average molecular weight is 202 g/mol. The van der Waals surface area contributed by atoms with Gasteiger partial charge >= 0.3 is 5.97 Å². The highest BCUT2D eigenvalue weighted by Crippen LogP contribution is 2.35. The van der Waals surface area contributed by atoms with Gasteiger partial charge in [-0.2, -0.15) is 0 Å². The number of carbonyl (C=O) groups is 1. The summed E-state index contributed by atoms with van der Waals surface area (Å²) in [5.74, 6) is -1.07. The largest absolute Gasteiger partial charge is 0.455 e. The summed E-state index contributed by atoms with van der Waals surface area (Å²) >= 11 is 0. The highest BCUT2D eigenvalue weighted by atomic mass is 16.8. The average Bonchev–Trinajstić information content (AvgIpc) is 2.51. The van der Waals surface area contributed by atoms with E-state index in [0.29, 0.717) is 6.61 Å². The number of methoxy groups -OCH3 is 1. The molecule has 0 aromatic rings. The lowest BCUT2D eigenvalue weighted by molar-refractivity contribution is -0.189. The van der Waals surface area contributed by atoms with Crippen molar-refractivity contribution in [1.29, 1.82) is 0 Å². The molecule has 2 rings (SSSR count). The Kier molecular flexibility index (Phi) is 2.25. The molecule has 5 heteroatoms. The van der Waals surface area contributed by atoms with Gasteiger partial charge in [-0.3, -0.25) is 0 Å². The lowest BCUT2D eigenvalue weighted by Crippen LogP contribution is -2.32. The Morgan fingerprint density at radius 1 is 1.43 bits per heavy atom. The van der Waals surface area contributed by atoms with Gasteiger partial charge in [-0.15, -0.1) is 0 Å². The van der Waals surface area contributed by atoms with Gasteiger partial charge in [0.25, 0.3) is 0 Å². The molecule has 0 aromatic carbocycles. The Bertz CT molecular complexity index is 250. The summed E-state index contributed by atoms with van der Waals surface area (Å²) in [7, 11) is 1.56. The van der Waals surface area contributed by atoms with Crippen molar-refractivity contribution in [2.24, 2.45) is 0 Å². The molecule has 80 valence electrons. The summed E-state index contributed by atoms with van der Waals surface area (Å²) in [5, 5.41) is 0. The standard InChI is InChI=1S/C9H14O5/c1-9(2)13-6-5(4-11-3)12-8(10)7(6)14-9/h5-7H,4H2,1-3H3/t5-,6+,7+/m0/s1. The predicted octanol–water partition coefficient (Wildman–Crippen LogP) is 0.0783. The molecule has 0 aliphatic carbocycles. The Hall–Kier alpha value is -0.650. The van der Waals surface area contributed by atoms with Gasteiger partial charge in [-0.1, -0.05) is 0 Å². The van der Waals surface area contributed by atoms with Gasteiger partial charge in [0.05, 0.1) is 6.61 Å². The van der Waals surface area contributed by atoms with Crippen molar-refractivity contribution in [3.8, 4) is 0 Å². The quantitative estimate of drug-likeness (QED) is 0.593. The van der Waals surface area contributed by atoms with Crippen molar-refractivity contribution in [2.75, 3.05) is 13.7 Å². The molecule has 2 aliphatic heterocycles. The van der Waals surface area contributed by atoms with Crippen molar-refractivity contribution in [3.63, 3.8) is 0 Å². The third-order valence-electron chi connectivity index (χ3n) is 2.33. The van der Waals surface area contributed by atoms with Crippen LogP contribution < -0.4 is 0 Å². The molecule has 3 atom stereocenters. The summed E-state index contributed by atoms with van der Waals surface area (Å²) < 4.78 is 21.0. The smallest absolute Gasteiger partial charge is 0.338 e. The number of carbonyl (C=O) groups excluding carboxylic acids is 1. The molecule has 0 N–H and O–H groups in total. The molecule has 2 aliphatic rings. The monoisotopic (exact) mass is 202 g/mol. The number of fused-ring (bicyclic) bond motifs is 1. The number of rotatable bonds is 2. The lowest BCUT2D eigenvalue weighted by Gasteiger charge is -2.20. The maximum atomic E-state index is 11.3. The highest BCUT2D eigenvalue weighted by molar-refractivity contribution is 5.78. The van der Waals surface area contributed by atoms with E-state index in [1.54, 1.807) is 21.0 Å². The molecular weight excluding hydrogens is 188 g/mol. The zero-order chi connectivity index (χ0) is 10.3. The maximum Gasteiger partial charge on any atom is 0.338 e. The normalized spacial score (nSPS) is 39.6. The van der Waals surface area contributed by atoms with Gasteiger partial charge in [-0.05, 0) is 13.8 Å². The molecular formula is C9H14O5. The third kappa shape index (κ3) is 1.51. The van der Waals surface area contributed by atoms with Gasteiger partial charge in [0.2, 0.25) is 0 Å². The van der Waals surface area contributed by atoms with Crippen molar-refractivity contribution >= 4 is 5.97 Å². The van der Waals surface area contributed by atoms with E-state index in [9.17, 15) is 4.79 Å². The van der Waals surface area contributed by atoms with E-state index >= 15 is 0 Å².